The Balaban J connectivity index is 1.31. The summed E-state index contributed by atoms with van der Waals surface area (Å²) in [4.78, 5) is 19.9. The summed E-state index contributed by atoms with van der Waals surface area (Å²) in [6, 6.07) is 13.9. The first-order valence-corrected chi connectivity index (χ1v) is 12.4. The molecule has 1 atom stereocenters. The summed E-state index contributed by atoms with van der Waals surface area (Å²) in [6.07, 6.45) is 1.64. The number of hydrogen-bond acceptors (Lipinski definition) is 5. The number of likely N-dealkylation sites (tertiary alicyclic amines) is 1. The number of aryl methyl sites for hydroxylation is 2. The Labute approximate surface area is 206 Å². The molecule has 0 aliphatic carbocycles. The number of hydrogen-bond donors (Lipinski definition) is 1. The zero-order valence-electron chi connectivity index (χ0n) is 20.3. The number of piperidine rings is 1. The molecule has 1 aliphatic heterocycles. The van der Waals surface area contributed by atoms with E-state index >= 15 is 0 Å². The maximum absolute atomic E-state index is 13.1. The van der Waals surface area contributed by atoms with Gasteiger partial charge in [0.15, 0.2) is 0 Å². The van der Waals surface area contributed by atoms with Gasteiger partial charge in [-0.1, -0.05) is 54.4 Å². The number of amides is 1. The summed E-state index contributed by atoms with van der Waals surface area (Å²) >= 11 is 5.95. The Morgan fingerprint density at radius 2 is 1.85 bits per heavy atom. The molecule has 1 fully saturated rings. The Hall–Kier alpha value is -2.70. The molecule has 3 aromatic rings. The van der Waals surface area contributed by atoms with E-state index in [9.17, 15) is 4.79 Å². The molecule has 0 radical (unpaired) electrons. The predicted octanol–water partition coefficient (Wildman–Crippen LogP) is 5.73. The van der Waals surface area contributed by atoms with Crippen molar-refractivity contribution in [2.24, 2.45) is 11.8 Å². The smallest absolute Gasteiger partial charge is 0.241 e. The largest absolute Gasteiger partial charge is 0.349 e. The zero-order valence-corrected chi connectivity index (χ0v) is 21.1. The fourth-order valence-corrected chi connectivity index (χ4v) is 4.76. The van der Waals surface area contributed by atoms with Crippen molar-refractivity contribution >= 4 is 17.5 Å². The predicted molar refractivity (Wildman–Crippen MR) is 134 cm³/mol. The quantitative estimate of drug-likeness (QED) is 0.467. The van der Waals surface area contributed by atoms with Crippen molar-refractivity contribution in [2.45, 2.75) is 53.1 Å². The molecule has 1 saturated heterocycles. The molecular weight excluding hydrogens is 448 g/mol. The lowest BCUT2D eigenvalue weighted by Crippen LogP contribution is -2.42. The number of aromatic nitrogens is 2. The fourth-order valence-electron chi connectivity index (χ4n) is 4.63. The molecule has 2 heterocycles. The molecule has 1 N–H and O–H groups in total. The average Bonchev–Trinajstić information content (AvgIpc) is 3.27. The van der Waals surface area contributed by atoms with Crippen LogP contribution in [0, 0.1) is 25.7 Å². The van der Waals surface area contributed by atoms with Crippen LogP contribution < -0.4 is 5.32 Å². The van der Waals surface area contributed by atoms with Gasteiger partial charge < -0.3 is 9.84 Å². The van der Waals surface area contributed by atoms with Gasteiger partial charge in [0.2, 0.25) is 17.6 Å². The highest BCUT2D eigenvalue weighted by molar-refractivity contribution is 6.30. The molecule has 1 amide bonds. The van der Waals surface area contributed by atoms with Gasteiger partial charge in [-0.25, -0.2) is 0 Å². The first-order valence-electron chi connectivity index (χ1n) is 12.0. The van der Waals surface area contributed by atoms with E-state index in [1.807, 2.05) is 24.3 Å². The second-order valence-electron chi connectivity index (χ2n) is 9.66. The Morgan fingerprint density at radius 3 is 2.50 bits per heavy atom. The zero-order chi connectivity index (χ0) is 24.2. The van der Waals surface area contributed by atoms with Gasteiger partial charge in [0, 0.05) is 16.5 Å². The van der Waals surface area contributed by atoms with Crippen molar-refractivity contribution in [2.75, 3.05) is 13.1 Å². The molecule has 0 spiro atoms. The van der Waals surface area contributed by atoms with Gasteiger partial charge in [-0.3, -0.25) is 9.69 Å². The summed E-state index contributed by atoms with van der Waals surface area (Å²) in [6.45, 7) is 10.8. The number of halogens is 1. The molecule has 180 valence electrons. The van der Waals surface area contributed by atoms with Crippen molar-refractivity contribution in [3.63, 3.8) is 0 Å². The SMILES string of the molecule is Cc1ccc(C(NC(=O)C2CCN(Cc3nc(-c4ccc(Cl)cc4)no3)CC2)C(C)C)c(C)c1. The molecular formula is C27H33ClN4O2. The van der Waals surface area contributed by atoms with E-state index in [0.29, 0.717) is 29.2 Å². The van der Waals surface area contributed by atoms with E-state index in [-0.39, 0.29) is 17.9 Å². The Bertz CT molecular complexity index is 1120. The average molecular weight is 481 g/mol. The lowest BCUT2D eigenvalue weighted by molar-refractivity contribution is -0.127. The van der Waals surface area contributed by atoms with Crippen LogP contribution in [-0.4, -0.2) is 34.0 Å². The van der Waals surface area contributed by atoms with Crippen molar-refractivity contribution in [3.8, 4) is 11.4 Å². The van der Waals surface area contributed by atoms with Crippen LogP contribution in [0.3, 0.4) is 0 Å². The van der Waals surface area contributed by atoms with Gasteiger partial charge in [0.1, 0.15) is 0 Å². The van der Waals surface area contributed by atoms with Gasteiger partial charge in [-0.15, -0.1) is 0 Å². The van der Waals surface area contributed by atoms with Gasteiger partial charge in [0.05, 0.1) is 12.6 Å². The third kappa shape index (κ3) is 5.86. The molecule has 4 rings (SSSR count). The minimum atomic E-state index is 0.0237. The number of carbonyl (C=O) groups excluding carboxylic acids is 1. The van der Waals surface area contributed by atoms with Crippen molar-refractivity contribution in [1.82, 2.24) is 20.4 Å². The fraction of sp³-hybridized carbons (Fsp3) is 0.444. The molecule has 6 nitrogen and oxygen atoms in total. The molecule has 0 bridgehead atoms. The van der Waals surface area contributed by atoms with Gasteiger partial charge in [0.25, 0.3) is 0 Å². The normalized spacial score (nSPS) is 16.1. The van der Waals surface area contributed by atoms with Crippen LogP contribution in [0.2, 0.25) is 5.02 Å². The molecule has 0 saturated carbocycles. The van der Waals surface area contributed by atoms with Crippen LogP contribution in [-0.2, 0) is 11.3 Å². The van der Waals surface area contributed by atoms with Gasteiger partial charge in [-0.2, -0.15) is 4.98 Å². The van der Waals surface area contributed by atoms with E-state index in [1.54, 1.807) is 0 Å². The van der Waals surface area contributed by atoms with Crippen molar-refractivity contribution < 1.29 is 9.32 Å². The van der Waals surface area contributed by atoms with E-state index in [0.717, 1.165) is 31.5 Å². The highest BCUT2D eigenvalue weighted by atomic mass is 35.5. The Kier molecular flexibility index (Phi) is 7.69. The number of rotatable bonds is 7. The standard InChI is InChI=1S/C27H33ClN4O2/c1-17(2)25(23-10-5-18(3)15-19(23)4)30-27(33)21-11-13-32(14-12-21)16-24-29-26(31-34-24)20-6-8-22(28)9-7-20/h5-10,15,17,21,25H,11-14,16H2,1-4H3,(H,30,33). The van der Waals surface area contributed by atoms with Crippen LogP contribution >= 0.6 is 11.6 Å². The van der Waals surface area contributed by atoms with Gasteiger partial charge in [-0.05, 0) is 81.1 Å². The molecule has 1 aromatic heterocycles. The van der Waals surface area contributed by atoms with E-state index in [2.05, 4.69) is 66.3 Å². The summed E-state index contributed by atoms with van der Waals surface area (Å²) in [5.41, 5.74) is 4.55. The molecule has 2 aromatic carbocycles. The molecule has 7 heteroatoms. The maximum atomic E-state index is 13.1. The van der Waals surface area contributed by atoms with Crippen LogP contribution in [0.5, 0.6) is 0 Å². The summed E-state index contributed by atoms with van der Waals surface area (Å²) in [5, 5.41) is 8.11. The van der Waals surface area contributed by atoms with Crippen LogP contribution in [0.25, 0.3) is 11.4 Å². The van der Waals surface area contributed by atoms with Crippen molar-refractivity contribution in [1.29, 1.82) is 0 Å². The van der Waals surface area contributed by atoms with Crippen molar-refractivity contribution in [3.05, 3.63) is 70.1 Å². The lowest BCUT2D eigenvalue weighted by atomic mass is 9.90. The molecule has 34 heavy (non-hydrogen) atoms. The third-order valence-corrected chi connectivity index (χ3v) is 6.86. The number of nitrogens with zero attached hydrogens (tertiary/aromatic N) is 3. The van der Waals surface area contributed by atoms with Crippen LogP contribution in [0.15, 0.2) is 47.0 Å². The first kappa shape index (κ1) is 24.4. The van der Waals surface area contributed by atoms with Gasteiger partial charge >= 0.3 is 0 Å². The second kappa shape index (κ2) is 10.7. The van der Waals surface area contributed by atoms with E-state index in [4.69, 9.17) is 16.1 Å². The summed E-state index contributed by atoms with van der Waals surface area (Å²) in [7, 11) is 0. The molecule has 1 aliphatic rings. The summed E-state index contributed by atoms with van der Waals surface area (Å²) < 4.78 is 5.46. The lowest BCUT2D eigenvalue weighted by Gasteiger charge is -2.32. The van der Waals surface area contributed by atoms with E-state index < -0.39 is 0 Å². The topological polar surface area (TPSA) is 71.3 Å². The highest BCUT2D eigenvalue weighted by Gasteiger charge is 2.29. The minimum absolute atomic E-state index is 0.0237. The number of nitrogens with one attached hydrogen (secondary N) is 1. The minimum Gasteiger partial charge on any atom is -0.349 e. The third-order valence-electron chi connectivity index (χ3n) is 6.61. The molecule has 1 unspecified atom stereocenters. The van der Waals surface area contributed by atoms with Crippen LogP contribution in [0.1, 0.15) is 55.3 Å². The maximum Gasteiger partial charge on any atom is 0.241 e. The van der Waals surface area contributed by atoms with Crippen LogP contribution in [0.4, 0.5) is 0 Å². The Morgan fingerprint density at radius 1 is 1.15 bits per heavy atom. The van der Waals surface area contributed by atoms with E-state index in [1.165, 1.54) is 16.7 Å². The second-order valence-corrected chi connectivity index (χ2v) is 10.1. The number of benzene rings is 2. The number of carbonyl (C=O) groups is 1. The first-order chi connectivity index (χ1) is 16.3. The highest BCUT2D eigenvalue weighted by Crippen LogP contribution is 2.28. The monoisotopic (exact) mass is 480 g/mol. The summed E-state index contributed by atoms with van der Waals surface area (Å²) in [5.74, 6) is 1.64.